The number of benzene rings is 2. The predicted molar refractivity (Wildman–Crippen MR) is 107 cm³/mol. The van der Waals surface area contributed by atoms with Crippen LogP contribution in [0.2, 0.25) is 5.02 Å². The van der Waals surface area contributed by atoms with Gasteiger partial charge in [-0.25, -0.2) is 0 Å². The highest BCUT2D eigenvalue weighted by atomic mass is 35.5. The number of nitrogens with one attached hydrogen (secondary N) is 1. The van der Waals surface area contributed by atoms with Gasteiger partial charge in [-0.1, -0.05) is 23.7 Å². The molecular weight excluding hydrogens is 378 g/mol. The highest BCUT2D eigenvalue weighted by Crippen LogP contribution is 2.14. The first-order valence-corrected chi connectivity index (χ1v) is 9.27. The lowest BCUT2D eigenvalue weighted by Crippen LogP contribution is -2.45. The quantitative estimate of drug-likeness (QED) is 0.739. The van der Waals surface area contributed by atoms with Gasteiger partial charge in [-0.15, -0.1) is 0 Å². The van der Waals surface area contributed by atoms with Crippen LogP contribution in [0.25, 0.3) is 0 Å². The van der Waals surface area contributed by atoms with Crippen molar-refractivity contribution >= 4 is 23.4 Å². The van der Waals surface area contributed by atoms with Crippen molar-refractivity contribution in [3.8, 4) is 11.8 Å². The summed E-state index contributed by atoms with van der Waals surface area (Å²) in [6.07, 6.45) is -0.753. The molecule has 0 aliphatic heterocycles. The molecule has 2 rings (SSSR count). The molecule has 1 unspecified atom stereocenters. The lowest BCUT2D eigenvalue weighted by atomic mass is 10.2. The van der Waals surface area contributed by atoms with Crippen LogP contribution in [0.5, 0.6) is 5.75 Å². The Morgan fingerprint density at radius 3 is 2.39 bits per heavy atom. The summed E-state index contributed by atoms with van der Waals surface area (Å²) >= 11 is 5.84. The SMILES string of the molecule is CCN(CC(=O)NCc1ccc(Cl)cc1)C(=O)C(C)Oc1ccc(C#N)cc1. The number of ether oxygens (including phenoxy) is 1. The largest absolute Gasteiger partial charge is 0.481 e. The molecule has 1 atom stereocenters. The molecule has 2 aromatic carbocycles. The number of hydrogen-bond donors (Lipinski definition) is 1. The van der Waals surface area contributed by atoms with Gasteiger partial charge in [0.2, 0.25) is 5.91 Å². The summed E-state index contributed by atoms with van der Waals surface area (Å²) in [7, 11) is 0. The fourth-order valence-electron chi connectivity index (χ4n) is 2.50. The summed E-state index contributed by atoms with van der Waals surface area (Å²) in [5.74, 6) is -0.0488. The minimum atomic E-state index is -0.753. The predicted octanol–water partition coefficient (Wildman–Crippen LogP) is 3.14. The second-order valence-electron chi connectivity index (χ2n) is 6.15. The van der Waals surface area contributed by atoms with Gasteiger partial charge < -0.3 is 15.0 Å². The summed E-state index contributed by atoms with van der Waals surface area (Å²) in [4.78, 5) is 26.2. The third-order valence-electron chi connectivity index (χ3n) is 4.07. The van der Waals surface area contributed by atoms with E-state index in [-0.39, 0.29) is 18.4 Å². The zero-order valence-corrected chi connectivity index (χ0v) is 16.6. The molecule has 0 aliphatic carbocycles. The molecule has 0 radical (unpaired) electrons. The molecule has 0 heterocycles. The van der Waals surface area contributed by atoms with E-state index in [4.69, 9.17) is 21.6 Å². The van der Waals surface area contributed by atoms with Crippen LogP contribution in [0.15, 0.2) is 48.5 Å². The fraction of sp³-hybridized carbons (Fsp3) is 0.286. The summed E-state index contributed by atoms with van der Waals surface area (Å²) in [5, 5.41) is 12.2. The fourth-order valence-corrected chi connectivity index (χ4v) is 2.62. The van der Waals surface area contributed by atoms with Gasteiger partial charge in [0.05, 0.1) is 18.2 Å². The molecule has 0 aliphatic rings. The van der Waals surface area contributed by atoms with Crippen molar-refractivity contribution in [3.05, 3.63) is 64.7 Å². The molecule has 0 aromatic heterocycles. The maximum Gasteiger partial charge on any atom is 0.263 e. The van der Waals surface area contributed by atoms with Gasteiger partial charge in [0.25, 0.3) is 5.91 Å². The Morgan fingerprint density at radius 1 is 1.18 bits per heavy atom. The third-order valence-corrected chi connectivity index (χ3v) is 4.33. The van der Waals surface area contributed by atoms with Crippen LogP contribution < -0.4 is 10.1 Å². The highest BCUT2D eigenvalue weighted by Gasteiger charge is 2.23. The molecule has 0 spiro atoms. The second-order valence-corrected chi connectivity index (χ2v) is 6.59. The number of hydrogen-bond acceptors (Lipinski definition) is 4. The number of likely N-dealkylation sites (N-methyl/N-ethyl adjacent to an activating group) is 1. The molecule has 1 N–H and O–H groups in total. The van der Waals surface area contributed by atoms with Crippen molar-refractivity contribution in [1.29, 1.82) is 5.26 Å². The van der Waals surface area contributed by atoms with Crippen molar-refractivity contribution in [1.82, 2.24) is 10.2 Å². The molecule has 7 heteroatoms. The molecule has 0 fully saturated rings. The standard InChI is InChI=1S/C21H22ClN3O3/c1-3-25(14-20(26)24-13-17-4-8-18(22)9-5-17)21(27)15(2)28-19-10-6-16(12-23)7-11-19/h4-11,15H,3,13-14H2,1-2H3,(H,24,26). The molecule has 0 bridgehead atoms. The van der Waals surface area contributed by atoms with Gasteiger partial charge in [0.1, 0.15) is 5.75 Å². The van der Waals surface area contributed by atoms with Crippen LogP contribution in [-0.4, -0.2) is 35.9 Å². The molecule has 2 amide bonds. The number of nitriles is 1. The van der Waals surface area contributed by atoms with Gasteiger partial charge in [-0.05, 0) is 55.8 Å². The van der Waals surface area contributed by atoms with Crippen LogP contribution in [0.3, 0.4) is 0 Å². The van der Waals surface area contributed by atoms with Crippen LogP contribution in [-0.2, 0) is 16.1 Å². The minimum absolute atomic E-state index is 0.0516. The van der Waals surface area contributed by atoms with Gasteiger partial charge in [-0.2, -0.15) is 5.26 Å². The van der Waals surface area contributed by atoms with Crippen LogP contribution in [0.4, 0.5) is 0 Å². The molecule has 28 heavy (non-hydrogen) atoms. The van der Waals surface area contributed by atoms with E-state index in [2.05, 4.69) is 5.32 Å². The molecule has 6 nitrogen and oxygen atoms in total. The minimum Gasteiger partial charge on any atom is -0.481 e. The zero-order chi connectivity index (χ0) is 20.5. The molecule has 0 saturated heterocycles. The first kappa shape index (κ1) is 21.3. The molecular formula is C21H22ClN3O3. The van der Waals surface area contributed by atoms with E-state index < -0.39 is 6.10 Å². The highest BCUT2D eigenvalue weighted by molar-refractivity contribution is 6.30. The number of carbonyl (C=O) groups excluding carboxylic acids is 2. The second kappa shape index (κ2) is 10.3. The summed E-state index contributed by atoms with van der Waals surface area (Å²) in [6.45, 7) is 4.13. The Kier molecular flexibility index (Phi) is 7.85. The van der Waals surface area contributed by atoms with E-state index in [1.807, 2.05) is 18.2 Å². The van der Waals surface area contributed by atoms with Gasteiger partial charge >= 0.3 is 0 Å². The van der Waals surface area contributed by atoms with Gasteiger partial charge in [-0.3, -0.25) is 9.59 Å². The lowest BCUT2D eigenvalue weighted by molar-refractivity contribution is -0.141. The lowest BCUT2D eigenvalue weighted by Gasteiger charge is -2.24. The first-order valence-electron chi connectivity index (χ1n) is 8.89. The van der Waals surface area contributed by atoms with Crippen LogP contribution >= 0.6 is 11.6 Å². The van der Waals surface area contributed by atoms with Gasteiger partial charge in [0.15, 0.2) is 6.10 Å². The van der Waals surface area contributed by atoms with Crippen molar-refractivity contribution < 1.29 is 14.3 Å². The average molecular weight is 400 g/mol. The Bertz CT molecular complexity index is 845. The Labute approximate surface area is 169 Å². The number of halogens is 1. The Morgan fingerprint density at radius 2 is 1.82 bits per heavy atom. The van der Waals surface area contributed by atoms with E-state index in [0.29, 0.717) is 29.4 Å². The Balaban J connectivity index is 1.87. The number of rotatable bonds is 8. The number of carbonyl (C=O) groups is 2. The third kappa shape index (κ3) is 6.29. The van der Waals surface area contributed by atoms with Crippen LogP contribution in [0, 0.1) is 11.3 Å². The van der Waals surface area contributed by atoms with Crippen LogP contribution in [0.1, 0.15) is 25.0 Å². The Hall–Kier alpha value is -3.04. The van der Waals surface area contributed by atoms with Gasteiger partial charge in [0, 0.05) is 18.1 Å². The smallest absolute Gasteiger partial charge is 0.263 e. The number of nitrogens with zero attached hydrogens (tertiary/aromatic N) is 2. The maximum absolute atomic E-state index is 12.6. The van der Waals surface area contributed by atoms with Crippen molar-refractivity contribution in [2.75, 3.05) is 13.1 Å². The summed E-state index contributed by atoms with van der Waals surface area (Å²) < 4.78 is 5.64. The van der Waals surface area contributed by atoms with E-state index in [0.717, 1.165) is 5.56 Å². The van der Waals surface area contributed by atoms with E-state index in [1.165, 1.54) is 4.90 Å². The molecule has 2 aromatic rings. The zero-order valence-electron chi connectivity index (χ0n) is 15.8. The monoisotopic (exact) mass is 399 g/mol. The first-order chi connectivity index (χ1) is 13.4. The summed E-state index contributed by atoms with van der Waals surface area (Å²) in [6, 6.07) is 15.7. The van der Waals surface area contributed by atoms with E-state index in [1.54, 1.807) is 50.2 Å². The molecule has 146 valence electrons. The van der Waals surface area contributed by atoms with Crippen molar-refractivity contribution in [2.24, 2.45) is 0 Å². The van der Waals surface area contributed by atoms with E-state index in [9.17, 15) is 9.59 Å². The van der Waals surface area contributed by atoms with Crippen molar-refractivity contribution in [2.45, 2.75) is 26.5 Å². The average Bonchev–Trinajstić information content (AvgIpc) is 2.71. The van der Waals surface area contributed by atoms with E-state index >= 15 is 0 Å². The number of amides is 2. The topological polar surface area (TPSA) is 82.4 Å². The molecule has 0 saturated carbocycles. The normalized spacial score (nSPS) is 11.2. The van der Waals surface area contributed by atoms with Crippen molar-refractivity contribution in [3.63, 3.8) is 0 Å². The maximum atomic E-state index is 12.6. The summed E-state index contributed by atoms with van der Waals surface area (Å²) in [5.41, 5.74) is 1.43.